The van der Waals surface area contributed by atoms with Crippen LogP contribution in [-0.4, -0.2) is 24.3 Å². The maximum Gasteiger partial charge on any atom is 0.0635 e. The zero-order chi connectivity index (χ0) is 11.5. The third-order valence-electron chi connectivity index (χ3n) is 3.33. The minimum atomic E-state index is 0.216. The van der Waals surface area contributed by atoms with E-state index in [0.29, 0.717) is 0 Å². The van der Waals surface area contributed by atoms with E-state index in [1.54, 1.807) is 0 Å². The number of aryl methyl sites for hydroxylation is 1. The molecule has 0 spiro atoms. The van der Waals surface area contributed by atoms with Gasteiger partial charge in [-0.3, -0.25) is 0 Å². The van der Waals surface area contributed by atoms with Crippen molar-refractivity contribution in [2.45, 2.75) is 32.2 Å². The number of nitrogens with zero attached hydrogens (tertiary/aromatic N) is 1. The normalized spacial score (nSPS) is 21.1. The van der Waals surface area contributed by atoms with Crippen LogP contribution in [0, 0.1) is 6.92 Å². The second-order valence-electron chi connectivity index (χ2n) is 4.59. The minimum absolute atomic E-state index is 0.216. The summed E-state index contributed by atoms with van der Waals surface area (Å²) in [4.78, 5) is 2.26. The average Bonchev–Trinajstić information content (AvgIpc) is 2.32. The van der Waals surface area contributed by atoms with E-state index in [0.717, 1.165) is 24.3 Å². The molecule has 88 valence electrons. The smallest absolute Gasteiger partial charge is 0.0635 e. The van der Waals surface area contributed by atoms with Crippen molar-refractivity contribution in [2.24, 2.45) is 0 Å². The van der Waals surface area contributed by atoms with Gasteiger partial charge in [0.1, 0.15) is 0 Å². The summed E-state index contributed by atoms with van der Waals surface area (Å²) >= 11 is 0. The number of rotatable bonds is 2. The molecule has 3 heteroatoms. The van der Waals surface area contributed by atoms with Gasteiger partial charge in [0.25, 0.3) is 0 Å². The van der Waals surface area contributed by atoms with Gasteiger partial charge in [-0.15, -0.1) is 0 Å². The molecule has 0 aliphatic carbocycles. The minimum Gasteiger partial charge on any atom is -0.397 e. The lowest BCUT2D eigenvalue weighted by Crippen LogP contribution is -2.42. The molecule has 0 bridgehead atoms. The Morgan fingerprint density at radius 3 is 3.00 bits per heavy atom. The number of aliphatic hydroxyl groups excluding tert-OH is 1. The molecule has 1 saturated heterocycles. The molecule has 2 rings (SSSR count). The fraction of sp³-hybridized carbons (Fsp3) is 0.538. The highest BCUT2D eigenvalue weighted by Gasteiger charge is 2.23. The van der Waals surface area contributed by atoms with Gasteiger partial charge in [-0.05, 0) is 43.9 Å². The van der Waals surface area contributed by atoms with Crippen LogP contribution in [0.25, 0.3) is 0 Å². The van der Waals surface area contributed by atoms with E-state index < -0.39 is 0 Å². The van der Waals surface area contributed by atoms with Crippen LogP contribution in [0.2, 0.25) is 0 Å². The van der Waals surface area contributed by atoms with Crippen molar-refractivity contribution in [3.05, 3.63) is 23.8 Å². The van der Waals surface area contributed by atoms with Crippen LogP contribution in [0.3, 0.4) is 0 Å². The number of nitrogens with two attached hydrogens (primary N) is 1. The zero-order valence-corrected chi connectivity index (χ0v) is 9.82. The van der Waals surface area contributed by atoms with E-state index in [9.17, 15) is 5.11 Å². The van der Waals surface area contributed by atoms with Crippen molar-refractivity contribution in [3.63, 3.8) is 0 Å². The third-order valence-corrected chi connectivity index (χ3v) is 3.33. The number of hydrogen-bond acceptors (Lipinski definition) is 3. The number of nitrogen functional groups attached to an aromatic ring is 1. The lowest BCUT2D eigenvalue weighted by Gasteiger charge is -2.37. The molecule has 16 heavy (non-hydrogen) atoms. The highest BCUT2D eigenvalue weighted by Crippen LogP contribution is 2.30. The zero-order valence-electron chi connectivity index (χ0n) is 9.82. The number of anilines is 2. The highest BCUT2D eigenvalue weighted by atomic mass is 16.3. The molecular weight excluding hydrogens is 200 g/mol. The Morgan fingerprint density at radius 2 is 2.25 bits per heavy atom. The summed E-state index contributed by atoms with van der Waals surface area (Å²) in [7, 11) is 0. The summed E-state index contributed by atoms with van der Waals surface area (Å²) in [5.74, 6) is 0. The van der Waals surface area contributed by atoms with E-state index >= 15 is 0 Å². The summed E-state index contributed by atoms with van der Waals surface area (Å²) in [6, 6.07) is 6.33. The predicted molar refractivity (Wildman–Crippen MR) is 67.7 cm³/mol. The molecule has 0 saturated carbocycles. The van der Waals surface area contributed by atoms with E-state index in [1.807, 2.05) is 12.1 Å². The molecule has 3 nitrogen and oxygen atoms in total. The van der Waals surface area contributed by atoms with Crippen molar-refractivity contribution in [3.8, 4) is 0 Å². The average molecular weight is 220 g/mol. The van der Waals surface area contributed by atoms with E-state index in [1.165, 1.54) is 18.4 Å². The summed E-state index contributed by atoms with van der Waals surface area (Å²) in [6.45, 7) is 3.28. The van der Waals surface area contributed by atoms with Crippen LogP contribution in [-0.2, 0) is 0 Å². The van der Waals surface area contributed by atoms with Gasteiger partial charge in [0.15, 0.2) is 0 Å². The number of hydrogen-bond donors (Lipinski definition) is 2. The Morgan fingerprint density at radius 1 is 1.44 bits per heavy atom. The first-order chi connectivity index (χ1) is 7.72. The molecule has 1 fully saturated rings. The van der Waals surface area contributed by atoms with Crippen LogP contribution in [0.5, 0.6) is 0 Å². The van der Waals surface area contributed by atoms with Crippen molar-refractivity contribution >= 4 is 11.4 Å². The Kier molecular flexibility index (Phi) is 3.34. The molecule has 1 atom stereocenters. The quantitative estimate of drug-likeness (QED) is 0.749. The molecule has 1 heterocycles. The van der Waals surface area contributed by atoms with Crippen molar-refractivity contribution in [2.75, 3.05) is 23.8 Å². The highest BCUT2D eigenvalue weighted by molar-refractivity contribution is 5.69. The van der Waals surface area contributed by atoms with Crippen molar-refractivity contribution in [1.29, 1.82) is 0 Å². The van der Waals surface area contributed by atoms with Crippen LogP contribution in [0.15, 0.2) is 18.2 Å². The Labute approximate surface area is 96.9 Å². The van der Waals surface area contributed by atoms with Crippen LogP contribution >= 0.6 is 0 Å². The summed E-state index contributed by atoms with van der Waals surface area (Å²) in [5.41, 5.74) is 9.12. The van der Waals surface area contributed by atoms with Gasteiger partial charge in [-0.25, -0.2) is 0 Å². The largest absolute Gasteiger partial charge is 0.397 e. The number of benzene rings is 1. The van der Waals surface area contributed by atoms with Crippen LogP contribution < -0.4 is 10.6 Å². The van der Waals surface area contributed by atoms with Gasteiger partial charge >= 0.3 is 0 Å². The fourth-order valence-corrected chi connectivity index (χ4v) is 2.41. The summed E-state index contributed by atoms with van der Waals surface area (Å²) in [6.07, 6.45) is 3.45. The molecule has 0 radical (unpaired) electrons. The molecule has 1 unspecified atom stereocenters. The van der Waals surface area contributed by atoms with Crippen molar-refractivity contribution < 1.29 is 5.11 Å². The van der Waals surface area contributed by atoms with Gasteiger partial charge in [0.05, 0.1) is 24.0 Å². The molecule has 1 aliphatic rings. The van der Waals surface area contributed by atoms with Crippen LogP contribution in [0.1, 0.15) is 24.8 Å². The number of aliphatic hydroxyl groups is 1. The maximum atomic E-state index is 9.40. The lowest BCUT2D eigenvalue weighted by molar-refractivity contribution is 0.240. The molecule has 3 N–H and O–H groups in total. The third kappa shape index (κ3) is 2.14. The van der Waals surface area contributed by atoms with Gasteiger partial charge in [0, 0.05) is 6.54 Å². The van der Waals surface area contributed by atoms with E-state index in [-0.39, 0.29) is 12.6 Å². The molecule has 1 aliphatic heterocycles. The monoisotopic (exact) mass is 220 g/mol. The standard InChI is InChI=1S/C13H20N2O/c1-10-5-6-12(14)13(8-10)15-7-3-2-4-11(15)9-16/h5-6,8,11,16H,2-4,7,9,14H2,1H3. The summed E-state index contributed by atoms with van der Waals surface area (Å²) in [5, 5.41) is 9.40. The Bertz CT molecular complexity index is 365. The first-order valence-electron chi connectivity index (χ1n) is 5.96. The number of piperidine rings is 1. The second-order valence-corrected chi connectivity index (χ2v) is 4.59. The Hall–Kier alpha value is -1.22. The van der Waals surface area contributed by atoms with Gasteiger partial charge in [0.2, 0.25) is 0 Å². The van der Waals surface area contributed by atoms with Crippen molar-refractivity contribution in [1.82, 2.24) is 0 Å². The Balaban J connectivity index is 2.30. The topological polar surface area (TPSA) is 49.5 Å². The first kappa shape index (κ1) is 11.3. The molecule has 0 amide bonds. The lowest BCUT2D eigenvalue weighted by atomic mass is 10.0. The molecule has 1 aromatic carbocycles. The summed E-state index contributed by atoms with van der Waals surface area (Å²) < 4.78 is 0. The first-order valence-corrected chi connectivity index (χ1v) is 5.96. The van der Waals surface area contributed by atoms with Gasteiger partial charge in [-0.2, -0.15) is 0 Å². The molecular formula is C13H20N2O. The predicted octanol–water partition coefficient (Wildman–Crippen LogP) is 1.93. The van der Waals surface area contributed by atoms with E-state index in [4.69, 9.17) is 5.73 Å². The van der Waals surface area contributed by atoms with E-state index in [2.05, 4.69) is 17.9 Å². The molecule has 1 aromatic rings. The molecule has 0 aromatic heterocycles. The van der Waals surface area contributed by atoms with Gasteiger partial charge in [-0.1, -0.05) is 6.07 Å². The van der Waals surface area contributed by atoms with Crippen LogP contribution in [0.4, 0.5) is 11.4 Å². The SMILES string of the molecule is Cc1ccc(N)c(N2CCCCC2CO)c1. The second kappa shape index (κ2) is 4.74. The maximum absolute atomic E-state index is 9.40. The fourth-order valence-electron chi connectivity index (χ4n) is 2.41. The van der Waals surface area contributed by atoms with Gasteiger partial charge < -0.3 is 15.7 Å².